The first kappa shape index (κ1) is 27.4. The number of ether oxygens (including phenoxy) is 1. The number of hydrogen-bond acceptors (Lipinski definition) is 6. The normalized spacial score (nSPS) is 11.7. The molecule has 3 aromatic rings. The van der Waals surface area contributed by atoms with Crippen LogP contribution in [0.25, 0.3) is 0 Å². The SMILES string of the molecule is CC[C@@H](C)C(=O)N(C)CCOc1ccc(C(=O)Nc2ccc(N=Nc3ccc(N(C)C)cc3)cc2)cc1. The number of carbonyl (C=O) groups is 2. The Kier molecular flexibility index (Phi) is 9.77. The molecule has 3 rings (SSSR count). The Bertz CT molecular complexity index is 1190. The van der Waals surface area contributed by atoms with Crippen molar-refractivity contribution < 1.29 is 14.3 Å². The fraction of sp³-hybridized carbons (Fsp3) is 0.310. The van der Waals surface area contributed by atoms with Crippen molar-refractivity contribution in [3.8, 4) is 5.75 Å². The highest BCUT2D eigenvalue weighted by molar-refractivity contribution is 6.04. The van der Waals surface area contributed by atoms with Crippen molar-refractivity contribution in [2.75, 3.05) is 44.5 Å². The van der Waals surface area contributed by atoms with Crippen molar-refractivity contribution in [3.05, 3.63) is 78.4 Å². The lowest BCUT2D eigenvalue weighted by atomic mass is 10.1. The second-order valence-electron chi connectivity index (χ2n) is 9.05. The van der Waals surface area contributed by atoms with E-state index in [1.165, 1.54) is 0 Å². The van der Waals surface area contributed by atoms with E-state index in [0.717, 1.165) is 17.8 Å². The average Bonchev–Trinajstić information content (AvgIpc) is 2.92. The van der Waals surface area contributed by atoms with Gasteiger partial charge in [-0.15, -0.1) is 0 Å². The minimum atomic E-state index is -0.221. The molecule has 0 saturated heterocycles. The molecule has 1 atom stereocenters. The molecule has 8 heteroatoms. The molecule has 194 valence electrons. The summed E-state index contributed by atoms with van der Waals surface area (Å²) in [4.78, 5) is 28.5. The maximum absolute atomic E-state index is 12.6. The van der Waals surface area contributed by atoms with Gasteiger partial charge in [0.15, 0.2) is 0 Å². The zero-order valence-electron chi connectivity index (χ0n) is 22.1. The standard InChI is InChI=1S/C29H35N5O3/c1-6-21(2)29(36)34(5)19-20-37-27-17-7-22(8-18-27)28(35)30-23-9-11-24(12-10-23)31-32-25-13-15-26(16-14-25)33(3)4/h7-18,21H,6,19-20H2,1-5H3,(H,30,35)/t21-/m1/s1. The second-order valence-corrected chi connectivity index (χ2v) is 9.05. The summed E-state index contributed by atoms with van der Waals surface area (Å²) < 4.78 is 5.73. The van der Waals surface area contributed by atoms with E-state index in [4.69, 9.17) is 4.74 Å². The first-order chi connectivity index (χ1) is 17.8. The number of hydrogen-bond donors (Lipinski definition) is 1. The summed E-state index contributed by atoms with van der Waals surface area (Å²) in [5, 5.41) is 11.4. The van der Waals surface area contributed by atoms with Gasteiger partial charge >= 0.3 is 0 Å². The topological polar surface area (TPSA) is 86.6 Å². The third kappa shape index (κ3) is 8.17. The minimum absolute atomic E-state index is 0.00886. The monoisotopic (exact) mass is 501 g/mol. The molecule has 0 aliphatic rings. The summed E-state index contributed by atoms with van der Waals surface area (Å²) in [7, 11) is 5.76. The first-order valence-electron chi connectivity index (χ1n) is 12.3. The third-order valence-electron chi connectivity index (χ3n) is 5.99. The van der Waals surface area contributed by atoms with E-state index in [9.17, 15) is 9.59 Å². The fourth-order valence-electron chi connectivity index (χ4n) is 3.41. The lowest BCUT2D eigenvalue weighted by Crippen LogP contribution is -2.34. The largest absolute Gasteiger partial charge is 0.492 e. The maximum Gasteiger partial charge on any atom is 0.255 e. The van der Waals surface area contributed by atoms with Crippen LogP contribution in [0.4, 0.5) is 22.7 Å². The number of likely N-dealkylation sites (N-methyl/N-ethyl adjacent to an activating group) is 1. The quantitative estimate of drug-likeness (QED) is 0.312. The molecule has 0 radical (unpaired) electrons. The van der Waals surface area contributed by atoms with Gasteiger partial charge in [-0.25, -0.2) is 0 Å². The summed E-state index contributed by atoms with van der Waals surface area (Å²) in [5.74, 6) is 0.548. The van der Waals surface area contributed by atoms with E-state index >= 15 is 0 Å². The van der Waals surface area contributed by atoms with Crippen molar-refractivity contribution in [1.82, 2.24) is 4.90 Å². The molecular formula is C29H35N5O3. The van der Waals surface area contributed by atoms with Gasteiger partial charge in [0.1, 0.15) is 12.4 Å². The molecule has 0 aliphatic carbocycles. The second kappa shape index (κ2) is 13.2. The smallest absolute Gasteiger partial charge is 0.255 e. The molecular weight excluding hydrogens is 466 g/mol. The van der Waals surface area contributed by atoms with Gasteiger partial charge in [-0.05, 0) is 79.2 Å². The zero-order chi connectivity index (χ0) is 26.8. The van der Waals surface area contributed by atoms with Crippen LogP contribution in [-0.2, 0) is 4.79 Å². The Morgan fingerprint density at radius 3 is 1.97 bits per heavy atom. The Morgan fingerprint density at radius 1 is 0.865 bits per heavy atom. The number of benzene rings is 3. The number of anilines is 2. The summed E-state index contributed by atoms with van der Waals surface area (Å²) in [6.45, 7) is 4.81. The van der Waals surface area contributed by atoms with Crippen molar-refractivity contribution in [1.29, 1.82) is 0 Å². The van der Waals surface area contributed by atoms with Crippen molar-refractivity contribution in [2.45, 2.75) is 20.3 Å². The van der Waals surface area contributed by atoms with E-state index in [2.05, 4.69) is 15.5 Å². The summed E-state index contributed by atoms with van der Waals surface area (Å²) >= 11 is 0. The predicted octanol–water partition coefficient (Wildman–Crippen LogP) is 6.30. The Balaban J connectivity index is 1.48. The number of azo groups is 1. The number of carbonyl (C=O) groups excluding carboxylic acids is 2. The van der Waals surface area contributed by atoms with Crippen LogP contribution in [-0.4, -0.2) is 51.0 Å². The predicted molar refractivity (Wildman–Crippen MR) is 148 cm³/mol. The highest BCUT2D eigenvalue weighted by Gasteiger charge is 2.15. The lowest BCUT2D eigenvalue weighted by molar-refractivity contribution is -0.134. The van der Waals surface area contributed by atoms with Gasteiger partial charge in [-0.3, -0.25) is 9.59 Å². The van der Waals surface area contributed by atoms with Crippen LogP contribution < -0.4 is 15.0 Å². The van der Waals surface area contributed by atoms with Gasteiger partial charge in [0.25, 0.3) is 5.91 Å². The molecule has 0 bridgehead atoms. The molecule has 0 unspecified atom stereocenters. The van der Waals surface area contributed by atoms with Crippen molar-refractivity contribution in [3.63, 3.8) is 0 Å². The van der Waals surface area contributed by atoms with Gasteiger partial charge in [0, 0.05) is 44.0 Å². The molecule has 0 aromatic heterocycles. The molecule has 3 aromatic carbocycles. The van der Waals surface area contributed by atoms with Crippen LogP contribution in [0.3, 0.4) is 0 Å². The average molecular weight is 502 g/mol. The van der Waals surface area contributed by atoms with E-state index < -0.39 is 0 Å². The third-order valence-corrected chi connectivity index (χ3v) is 5.99. The number of rotatable bonds is 11. The maximum atomic E-state index is 12.6. The van der Waals surface area contributed by atoms with E-state index in [-0.39, 0.29) is 17.7 Å². The molecule has 37 heavy (non-hydrogen) atoms. The zero-order valence-corrected chi connectivity index (χ0v) is 22.1. The van der Waals surface area contributed by atoms with Crippen LogP contribution in [0.2, 0.25) is 0 Å². The van der Waals surface area contributed by atoms with Crippen LogP contribution in [0.15, 0.2) is 83.0 Å². The summed E-state index contributed by atoms with van der Waals surface area (Å²) in [5.41, 5.74) is 3.73. The Labute approximate surface area is 219 Å². The number of amides is 2. The van der Waals surface area contributed by atoms with E-state index in [1.807, 2.05) is 57.1 Å². The molecule has 0 heterocycles. The Hall–Kier alpha value is -4.20. The fourth-order valence-corrected chi connectivity index (χ4v) is 3.41. The number of nitrogens with zero attached hydrogens (tertiary/aromatic N) is 4. The van der Waals surface area contributed by atoms with Gasteiger partial charge in [0.2, 0.25) is 5.91 Å². The van der Waals surface area contributed by atoms with Gasteiger partial charge in [-0.2, -0.15) is 10.2 Å². The van der Waals surface area contributed by atoms with Crippen LogP contribution in [0.1, 0.15) is 30.6 Å². The van der Waals surface area contributed by atoms with Crippen molar-refractivity contribution in [2.24, 2.45) is 16.1 Å². The van der Waals surface area contributed by atoms with E-state index in [0.29, 0.717) is 35.8 Å². The molecule has 0 spiro atoms. The van der Waals surface area contributed by atoms with Crippen LogP contribution in [0.5, 0.6) is 5.75 Å². The molecule has 1 N–H and O–H groups in total. The first-order valence-corrected chi connectivity index (χ1v) is 12.3. The summed E-state index contributed by atoms with van der Waals surface area (Å²) in [6, 6.07) is 21.9. The number of nitrogens with one attached hydrogen (secondary N) is 1. The molecule has 8 nitrogen and oxygen atoms in total. The highest BCUT2D eigenvalue weighted by Crippen LogP contribution is 2.23. The molecule has 0 aliphatic heterocycles. The Morgan fingerprint density at radius 2 is 1.43 bits per heavy atom. The molecule has 0 saturated carbocycles. The minimum Gasteiger partial charge on any atom is -0.492 e. The van der Waals surface area contributed by atoms with E-state index in [1.54, 1.807) is 60.5 Å². The van der Waals surface area contributed by atoms with Crippen molar-refractivity contribution >= 4 is 34.6 Å². The van der Waals surface area contributed by atoms with Crippen LogP contribution >= 0.6 is 0 Å². The lowest BCUT2D eigenvalue weighted by Gasteiger charge is -2.20. The summed E-state index contributed by atoms with van der Waals surface area (Å²) in [6.07, 6.45) is 0.815. The van der Waals surface area contributed by atoms with Gasteiger partial charge in [-0.1, -0.05) is 13.8 Å². The highest BCUT2D eigenvalue weighted by atomic mass is 16.5. The van der Waals surface area contributed by atoms with Crippen LogP contribution in [0, 0.1) is 5.92 Å². The van der Waals surface area contributed by atoms with Gasteiger partial charge < -0.3 is 19.9 Å². The molecule has 0 fully saturated rings. The molecule has 2 amide bonds. The van der Waals surface area contributed by atoms with Gasteiger partial charge in [0.05, 0.1) is 17.9 Å².